The Morgan fingerprint density at radius 3 is 2.62 bits per heavy atom. The number of piperidine rings is 1. The van der Waals surface area contributed by atoms with E-state index in [9.17, 15) is 9.59 Å². The van der Waals surface area contributed by atoms with Gasteiger partial charge in [0.15, 0.2) is 0 Å². The minimum atomic E-state index is -0.150. The van der Waals surface area contributed by atoms with E-state index in [1.54, 1.807) is 0 Å². The van der Waals surface area contributed by atoms with Gasteiger partial charge in [0.2, 0.25) is 11.8 Å². The molecular weight excluding hydrogens is 332 g/mol. The average Bonchev–Trinajstić information content (AvgIpc) is 3.26. The van der Waals surface area contributed by atoms with Crippen LogP contribution in [0.2, 0.25) is 0 Å². The third kappa shape index (κ3) is 2.85. The van der Waals surface area contributed by atoms with Gasteiger partial charge in [-0.05, 0) is 35.3 Å². The van der Waals surface area contributed by atoms with E-state index >= 15 is 0 Å². The Hall–Kier alpha value is -2.77. The van der Waals surface area contributed by atoms with Crippen molar-refractivity contribution in [2.75, 3.05) is 20.1 Å². The smallest absolute Gasteiger partial charge is 0.244 e. The highest BCUT2D eigenvalue weighted by Gasteiger charge is 2.50. The number of hydrogen-bond acceptors (Lipinski definition) is 5. The van der Waals surface area contributed by atoms with Crippen molar-refractivity contribution in [3.8, 4) is 0 Å². The van der Waals surface area contributed by atoms with Crippen molar-refractivity contribution in [1.82, 2.24) is 30.0 Å². The molecular formula is C18H22N6O2. The van der Waals surface area contributed by atoms with E-state index in [0.717, 1.165) is 24.8 Å². The zero-order chi connectivity index (χ0) is 18.1. The first-order chi connectivity index (χ1) is 12.6. The van der Waals surface area contributed by atoms with Gasteiger partial charge in [0.05, 0.1) is 5.92 Å². The highest BCUT2D eigenvalue weighted by atomic mass is 16.2. The summed E-state index contributed by atoms with van der Waals surface area (Å²) < 4.78 is 1.43. The molecule has 4 rings (SSSR count). The first-order valence-corrected chi connectivity index (χ1v) is 8.90. The van der Waals surface area contributed by atoms with Gasteiger partial charge in [-0.2, -0.15) is 0 Å². The molecule has 1 spiro atoms. The predicted molar refractivity (Wildman–Crippen MR) is 92.9 cm³/mol. The molecule has 1 unspecified atom stereocenters. The summed E-state index contributed by atoms with van der Waals surface area (Å²) in [4.78, 5) is 29.0. The second-order valence-corrected chi connectivity index (χ2v) is 7.18. The van der Waals surface area contributed by atoms with Crippen molar-refractivity contribution in [3.05, 3.63) is 42.2 Å². The van der Waals surface area contributed by atoms with Crippen LogP contribution in [0.4, 0.5) is 0 Å². The molecule has 8 nitrogen and oxygen atoms in total. The van der Waals surface area contributed by atoms with Crippen molar-refractivity contribution in [2.45, 2.75) is 37.3 Å². The van der Waals surface area contributed by atoms with E-state index in [-0.39, 0.29) is 29.8 Å². The molecule has 0 bridgehead atoms. The summed E-state index contributed by atoms with van der Waals surface area (Å²) in [5.41, 5.74) is 0.932. The highest BCUT2D eigenvalue weighted by molar-refractivity contribution is 5.87. The molecule has 2 fully saturated rings. The largest absolute Gasteiger partial charge is 0.341 e. The molecule has 2 aromatic rings. The van der Waals surface area contributed by atoms with Crippen LogP contribution in [0.15, 0.2) is 36.7 Å². The van der Waals surface area contributed by atoms with Crippen molar-refractivity contribution >= 4 is 11.8 Å². The molecule has 0 radical (unpaired) electrons. The molecule has 0 aliphatic carbocycles. The van der Waals surface area contributed by atoms with Crippen LogP contribution in [0.5, 0.6) is 0 Å². The number of rotatable bonds is 3. The summed E-state index contributed by atoms with van der Waals surface area (Å²) >= 11 is 0. The van der Waals surface area contributed by atoms with E-state index in [2.05, 4.69) is 15.5 Å². The van der Waals surface area contributed by atoms with Gasteiger partial charge in [0.25, 0.3) is 0 Å². The summed E-state index contributed by atoms with van der Waals surface area (Å²) in [7, 11) is 1.91. The maximum atomic E-state index is 12.8. The van der Waals surface area contributed by atoms with E-state index in [1.807, 2.05) is 47.2 Å². The lowest BCUT2D eigenvalue weighted by Gasteiger charge is -2.43. The molecule has 2 saturated heterocycles. The molecule has 136 valence electrons. The van der Waals surface area contributed by atoms with Gasteiger partial charge in [-0.25, -0.2) is 4.68 Å². The Balaban J connectivity index is 1.43. The van der Waals surface area contributed by atoms with Crippen LogP contribution < -0.4 is 0 Å². The summed E-state index contributed by atoms with van der Waals surface area (Å²) in [6.07, 6.45) is 3.87. The summed E-state index contributed by atoms with van der Waals surface area (Å²) in [6, 6.07) is 9.99. The molecule has 1 atom stereocenters. The van der Waals surface area contributed by atoms with E-state index in [0.29, 0.717) is 13.1 Å². The SMILES string of the molecule is CN1C(=O)C(c2ccccc2)CC12CCN(C(=O)Cn1cnnn1)CC2. The zero-order valence-corrected chi connectivity index (χ0v) is 14.8. The quantitative estimate of drug-likeness (QED) is 0.809. The third-order valence-corrected chi connectivity index (χ3v) is 5.86. The fraction of sp³-hybridized carbons (Fsp3) is 0.500. The number of likely N-dealkylation sites (N-methyl/N-ethyl adjacent to an activating group) is 1. The summed E-state index contributed by atoms with van der Waals surface area (Å²) in [6.45, 7) is 1.46. The van der Waals surface area contributed by atoms with Crippen LogP contribution in [0.25, 0.3) is 0 Å². The number of amides is 2. The maximum absolute atomic E-state index is 12.8. The summed E-state index contributed by atoms with van der Waals surface area (Å²) in [5, 5.41) is 10.8. The lowest BCUT2D eigenvalue weighted by atomic mass is 9.81. The fourth-order valence-corrected chi connectivity index (χ4v) is 4.22. The Bertz CT molecular complexity index is 783. The molecule has 1 aromatic heterocycles. The Morgan fingerprint density at radius 2 is 1.96 bits per heavy atom. The molecule has 2 aliphatic heterocycles. The van der Waals surface area contributed by atoms with Crippen LogP contribution in [0.3, 0.4) is 0 Å². The van der Waals surface area contributed by atoms with Crippen LogP contribution in [0, 0.1) is 0 Å². The molecule has 0 saturated carbocycles. The molecule has 2 aliphatic rings. The van der Waals surface area contributed by atoms with Crippen LogP contribution in [-0.4, -0.2) is 67.5 Å². The highest BCUT2D eigenvalue weighted by Crippen LogP contribution is 2.44. The minimum Gasteiger partial charge on any atom is -0.341 e. The van der Waals surface area contributed by atoms with Gasteiger partial charge in [0.1, 0.15) is 12.9 Å². The van der Waals surface area contributed by atoms with Crippen molar-refractivity contribution < 1.29 is 9.59 Å². The third-order valence-electron chi connectivity index (χ3n) is 5.86. The predicted octanol–water partition coefficient (Wildman–Crippen LogP) is 0.680. The van der Waals surface area contributed by atoms with Crippen LogP contribution in [-0.2, 0) is 16.1 Å². The van der Waals surface area contributed by atoms with E-state index < -0.39 is 0 Å². The normalized spacial score (nSPS) is 22.2. The van der Waals surface area contributed by atoms with Gasteiger partial charge in [-0.15, -0.1) is 5.10 Å². The Morgan fingerprint density at radius 1 is 1.23 bits per heavy atom. The number of tetrazole rings is 1. The van der Waals surface area contributed by atoms with Gasteiger partial charge >= 0.3 is 0 Å². The van der Waals surface area contributed by atoms with Crippen LogP contribution >= 0.6 is 0 Å². The monoisotopic (exact) mass is 354 g/mol. The van der Waals surface area contributed by atoms with Crippen molar-refractivity contribution in [1.29, 1.82) is 0 Å². The molecule has 3 heterocycles. The van der Waals surface area contributed by atoms with Gasteiger partial charge in [-0.3, -0.25) is 9.59 Å². The molecule has 1 aromatic carbocycles. The Labute approximate surface area is 151 Å². The van der Waals surface area contributed by atoms with Crippen molar-refractivity contribution in [3.63, 3.8) is 0 Å². The standard InChI is InChI=1S/C18H22N6O2/c1-22-17(26)15(14-5-3-2-4-6-14)11-18(22)7-9-23(10-8-18)16(25)12-24-13-19-20-21-24/h2-6,13,15H,7-12H2,1H3. The lowest BCUT2D eigenvalue weighted by Crippen LogP contribution is -2.53. The minimum absolute atomic E-state index is 0.0127. The van der Waals surface area contributed by atoms with E-state index in [4.69, 9.17) is 0 Å². The maximum Gasteiger partial charge on any atom is 0.244 e. The number of hydrogen-bond donors (Lipinski definition) is 0. The van der Waals surface area contributed by atoms with Crippen LogP contribution in [0.1, 0.15) is 30.7 Å². The zero-order valence-electron chi connectivity index (χ0n) is 14.8. The van der Waals surface area contributed by atoms with Gasteiger partial charge < -0.3 is 9.80 Å². The first kappa shape index (κ1) is 16.7. The number of nitrogens with zero attached hydrogens (tertiary/aromatic N) is 6. The number of benzene rings is 1. The molecule has 2 amide bonds. The molecule has 0 N–H and O–H groups in total. The lowest BCUT2D eigenvalue weighted by molar-refractivity contribution is -0.136. The summed E-state index contributed by atoms with van der Waals surface area (Å²) in [5.74, 6) is 0.119. The number of likely N-dealkylation sites (tertiary alicyclic amines) is 2. The Kier molecular flexibility index (Phi) is 4.18. The number of carbonyl (C=O) groups excluding carboxylic acids is 2. The van der Waals surface area contributed by atoms with Gasteiger partial charge in [0, 0.05) is 25.7 Å². The van der Waals surface area contributed by atoms with E-state index in [1.165, 1.54) is 11.0 Å². The fourth-order valence-electron chi connectivity index (χ4n) is 4.22. The number of aromatic nitrogens is 4. The second-order valence-electron chi connectivity index (χ2n) is 7.18. The molecule has 26 heavy (non-hydrogen) atoms. The molecule has 8 heteroatoms. The topological polar surface area (TPSA) is 84.2 Å². The number of carbonyl (C=O) groups is 2. The van der Waals surface area contributed by atoms with Crippen molar-refractivity contribution in [2.24, 2.45) is 0 Å². The first-order valence-electron chi connectivity index (χ1n) is 8.90. The average molecular weight is 354 g/mol. The van der Waals surface area contributed by atoms with Gasteiger partial charge in [-0.1, -0.05) is 30.3 Å². The second kappa shape index (κ2) is 6.51.